The lowest BCUT2D eigenvalue weighted by molar-refractivity contribution is 0.0529. The first kappa shape index (κ1) is 20.9. The quantitative estimate of drug-likeness (QED) is 0.597. The predicted molar refractivity (Wildman–Crippen MR) is 117 cm³/mol. The van der Waals surface area contributed by atoms with Gasteiger partial charge in [-0.15, -0.1) is 0 Å². The number of pyridine rings is 1. The van der Waals surface area contributed by atoms with Crippen LogP contribution in [0.1, 0.15) is 18.1 Å². The summed E-state index contributed by atoms with van der Waals surface area (Å²) in [6.45, 7) is 6.05. The number of ether oxygens (including phenoxy) is 2. The minimum atomic E-state index is 0.247. The highest BCUT2D eigenvalue weighted by Crippen LogP contribution is 2.16. The van der Waals surface area contributed by atoms with Gasteiger partial charge in [0.15, 0.2) is 5.96 Å². The van der Waals surface area contributed by atoms with Gasteiger partial charge in [-0.2, -0.15) is 0 Å². The SMILES string of the molecule is CN=C(NCc1ccc(N2CCOC(C)C2)nc1)N(C)Cc1ccc(OC)cc1. The summed E-state index contributed by atoms with van der Waals surface area (Å²) in [5, 5.41) is 3.41. The van der Waals surface area contributed by atoms with Crippen LogP contribution < -0.4 is 15.0 Å². The average Bonchev–Trinajstić information content (AvgIpc) is 2.75. The average molecular weight is 398 g/mol. The monoisotopic (exact) mass is 397 g/mol. The number of aliphatic imine (C=N–C) groups is 1. The molecular formula is C22H31N5O2. The molecule has 1 aliphatic rings. The molecule has 1 aromatic heterocycles. The molecule has 1 aromatic carbocycles. The second-order valence-corrected chi connectivity index (χ2v) is 7.26. The summed E-state index contributed by atoms with van der Waals surface area (Å²) in [6, 6.07) is 12.3. The molecule has 0 saturated carbocycles. The number of guanidine groups is 1. The fraction of sp³-hybridized carbons (Fsp3) is 0.455. The number of aromatic nitrogens is 1. The van der Waals surface area contributed by atoms with E-state index in [0.29, 0.717) is 6.54 Å². The van der Waals surface area contributed by atoms with Crippen LogP contribution in [0.15, 0.2) is 47.6 Å². The van der Waals surface area contributed by atoms with E-state index >= 15 is 0 Å². The number of anilines is 1. The van der Waals surface area contributed by atoms with Crippen LogP contribution in [0.4, 0.5) is 5.82 Å². The largest absolute Gasteiger partial charge is 0.497 e. The zero-order valence-corrected chi connectivity index (χ0v) is 17.8. The van der Waals surface area contributed by atoms with Crippen molar-refractivity contribution in [2.75, 3.05) is 45.8 Å². The fourth-order valence-corrected chi connectivity index (χ4v) is 3.38. The van der Waals surface area contributed by atoms with Gasteiger partial charge in [-0.05, 0) is 36.2 Å². The third-order valence-corrected chi connectivity index (χ3v) is 4.98. The molecule has 2 heterocycles. The molecule has 7 heteroatoms. The molecule has 7 nitrogen and oxygen atoms in total. The Morgan fingerprint density at radius 3 is 2.66 bits per heavy atom. The number of morpholine rings is 1. The standard InChI is InChI=1S/C22H31N5O2/c1-17-15-27(11-12-29-17)21-10-7-19(13-24-21)14-25-22(23-2)26(3)16-18-5-8-20(28-4)9-6-18/h5-10,13,17H,11-12,14-16H2,1-4H3,(H,23,25). The van der Waals surface area contributed by atoms with Crippen molar-refractivity contribution in [2.24, 2.45) is 4.99 Å². The molecule has 1 aliphatic heterocycles. The summed E-state index contributed by atoms with van der Waals surface area (Å²) in [7, 11) is 5.50. The highest BCUT2D eigenvalue weighted by atomic mass is 16.5. The smallest absolute Gasteiger partial charge is 0.193 e. The molecule has 1 fully saturated rings. The fourth-order valence-electron chi connectivity index (χ4n) is 3.38. The number of rotatable bonds is 6. The number of methoxy groups -OCH3 is 1. The first-order chi connectivity index (χ1) is 14.1. The summed E-state index contributed by atoms with van der Waals surface area (Å²) in [5.41, 5.74) is 2.32. The molecule has 2 aromatic rings. The lowest BCUT2D eigenvalue weighted by Gasteiger charge is -2.32. The van der Waals surface area contributed by atoms with E-state index in [1.165, 1.54) is 5.56 Å². The summed E-state index contributed by atoms with van der Waals surface area (Å²) < 4.78 is 10.8. The van der Waals surface area contributed by atoms with Gasteiger partial charge >= 0.3 is 0 Å². The van der Waals surface area contributed by atoms with Gasteiger partial charge in [0.05, 0.1) is 19.8 Å². The number of hydrogen-bond acceptors (Lipinski definition) is 5. The van der Waals surface area contributed by atoms with Crippen LogP contribution in [0.3, 0.4) is 0 Å². The molecule has 1 unspecified atom stereocenters. The number of nitrogens with zero attached hydrogens (tertiary/aromatic N) is 4. The molecule has 0 spiro atoms. The van der Waals surface area contributed by atoms with Crippen molar-refractivity contribution in [1.82, 2.24) is 15.2 Å². The van der Waals surface area contributed by atoms with E-state index < -0.39 is 0 Å². The van der Waals surface area contributed by atoms with E-state index in [-0.39, 0.29) is 6.10 Å². The number of nitrogens with one attached hydrogen (secondary N) is 1. The molecule has 156 valence electrons. The lowest BCUT2D eigenvalue weighted by atomic mass is 10.2. The number of hydrogen-bond donors (Lipinski definition) is 1. The Labute approximate surface area is 173 Å². The van der Waals surface area contributed by atoms with Crippen LogP contribution in [0.2, 0.25) is 0 Å². The second kappa shape index (κ2) is 10.1. The van der Waals surface area contributed by atoms with E-state index in [1.54, 1.807) is 14.2 Å². The van der Waals surface area contributed by atoms with Gasteiger partial charge in [0, 0.05) is 46.5 Å². The van der Waals surface area contributed by atoms with E-state index in [9.17, 15) is 0 Å². The minimum absolute atomic E-state index is 0.247. The molecule has 0 amide bonds. The predicted octanol–water partition coefficient (Wildman–Crippen LogP) is 2.52. The van der Waals surface area contributed by atoms with Gasteiger partial charge in [0.2, 0.25) is 0 Å². The van der Waals surface area contributed by atoms with Crippen molar-refractivity contribution in [1.29, 1.82) is 0 Å². The van der Waals surface area contributed by atoms with E-state index in [1.807, 2.05) is 25.4 Å². The van der Waals surface area contributed by atoms with Crippen molar-refractivity contribution in [2.45, 2.75) is 26.1 Å². The van der Waals surface area contributed by atoms with Crippen LogP contribution in [-0.2, 0) is 17.8 Å². The lowest BCUT2D eigenvalue weighted by Crippen LogP contribution is -2.41. The Morgan fingerprint density at radius 2 is 2.03 bits per heavy atom. The first-order valence-electron chi connectivity index (χ1n) is 9.95. The highest BCUT2D eigenvalue weighted by Gasteiger charge is 2.17. The van der Waals surface area contributed by atoms with Crippen LogP contribution in [0.25, 0.3) is 0 Å². The second-order valence-electron chi connectivity index (χ2n) is 7.26. The third kappa shape index (κ3) is 5.84. The Kier molecular flexibility index (Phi) is 7.30. The van der Waals surface area contributed by atoms with Gasteiger partial charge < -0.3 is 24.6 Å². The molecule has 3 rings (SSSR count). The van der Waals surface area contributed by atoms with Gasteiger partial charge in [0.25, 0.3) is 0 Å². The highest BCUT2D eigenvalue weighted by molar-refractivity contribution is 5.79. The van der Waals surface area contributed by atoms with Crippen molar-refractivity contribution in [3.8, 4) is 5.75 Å². The van der Waals surface area contributed by atoms with Gasteiger partial charge in [0.1, 0.15) is 11.6 Å². The molecule has 1 atom stereocenters. The van der Waals surface area contributed by atoms with Crippen LogP contribution in [0.5, 0.6) is 5.75 Å². The van der Waals surface area contributed by atoms with Crippen LogP contribution >= 0.6 is 0 Å². The topological polar surface area (TPSA) is 62.2 Å². The molecule has 1 N–H and O–H groups in total. The normalized spacial score (nSPS) is 17.2. The van der Waals surface area contributed by atoms with Gasteiger partial charge in [-0.1, -0.05) is 18.2 Å². The van der Waals surface area contributed by atoms with Crippen molar-refractivity contribution < 1.29 is 9.47 Å². The van der Waals surface area contributed by atoms with E-state index in [0.717, 1.165) is 49.3 Å². The maximum absolute atomic E-state index is 5.60. The van der Waals surface area contributed by atoms with E-state index in [4.69, 9.17) is 9.47 Å². The summed E-state index contributed by atoms with van der Waals surface area (Å²) in [6.07, 6.45) is 2.18. The maximum Gasteiger partial charge on any atom is 0.193 e. The van der Waals surface area contributed by atoms with Gasteiger partial charge in [-0.3, -0.25) is 4.99 Å². The van der Waals surface area contributed by atoms with Crippen LogP contribution in [-0.4, -0.2) is 62.8 Å². The maximum atomic E-state index is 5.60. The zero-order chi connectivity index (χ0) is 20.6. The minimum Gasteiger partial charge on any atom is -0.497 e. The summed E-state index contributed by atoms with van der Waals surface area (Å²) >= 11 is 0. The Morgan fingerprint density at radius 1 is 1.28 bits per heavy atom. The molecule has 1 saturated heterocycles. The first-order valence-corrected chi connectivity index (χ1v) is 9.95. The molecular weight excluding hydrogens is 366 g/mol. The zero-order valence-electron chi connectivity index (χ0n) is 17.8. The Balaban J connectivity index is 1.53. The van der Waals surface area contributed by atoms with Gasteiger partial charge in [-0.25, -0.2) is 4.98 Å². The van der Waals surface area contributed by atoms with Crippen molar-refractivity contribution in [3.05, 3.63) is 53.7 Å². The van der Waals surface area contributed by atoms with E-state index in [2.05, 4.69) is 56.3 Å². The Bertz CT molecular complexity index is 792. The van der Waals surface area contributed by atoms with Crippen LogP contribution in [0, 0.1) is 0 Å². The van der Waals surface area contributed by atoms with Crippen molar-refractivity contribution in [3.63, 3.8) is 0 Å². The molecule has 0 radical (unpaired) electrons. The summed E-state index contributed by atoms with van der Waals surface area (Å²) in [4.78, 5) is 13.4. The number of benzene rings is 1. The Hall–Kier alpha value is -2.80. The summed E-state index contributed by atoms with van der Waals surface area (Å²) in [5.74, 6) is 2.71. The molecule has 0 aliphatic carbocycles. The van der Waals surface area contributed by atoms with Crippen molar-refractivity contribution >= 4 is 11.8 Å². The molecule has 29 heavy (non-hydrogen) atoms. The third-order valence-electron chi connectivity index (χ3n) is 4.98. The molecule has 0 bridgehead atoms.